The van der Waals surface area contributed by atoms with Gasteiger partial charge in [0.1, 0.15) is 0 Å². The number of methoxy groups -OCH3 is 1. The molecule has 0 unspecified atom stereocenters. The fourth-order valence-electron chi connectivity index (χ4n) is 2.95. The maximum Gasteiger partial charge on any atom is 0.339 e. The predicted octanol–water partition coefficient (Wildman–Crippen LogP) is 4.81. The van der Waals surface area contributed by atoms with E-state index < -0.39 is 33.5 Å². The number of nitrogens with zero attached hydrogens (tertiary/aromatic N) is 2. The lowest BCUT2D eigenvalue weighted by Gasteiger charge is -2.18. The Hall–Kier alpha value is -4.32. The number of carbonyl (C=O) groups excluding carboxylic acids is 2. The van der Waals surface area contributed by atoms with Crippen molar-refractivity contribution in [3.63, 3.8) is 0 Å². The van der Waals surface area contributed by atoms with Crippen molar-refractivity contribution in [1.29, 1.82) is 0 Å². The van der Waals surface area contributed by atoms with Crippen LogP contribution in [0, 0.1) is 20.2 Å². The first-order valence-corrected chi connectivity index (χ1v) is 10.3. The molecule has 0 aromatic heterocycles. The van der Waals surface area contributed by atoms with Gasteiger partial charge in [0.15, 0.2) is 5.75 Å². The number of carbonyl (C=O) groups is 2. The molecule has 3 aromatic carbocycles. The van der Waals surface area contributed by atoms with Gasteiger partial charge in [-0.15, -0.1) is 0 Å². The summed E-state index contributed by atoms with van der Waals surface area (Å²) < 4.78 is 10.6. The van der Waals surface area contributed by atoms with Gasteiger partial charge in [-0.3, -0.25) is 25.0 Å². The highest BCUT2D eigenvalue weighted by Crippen LogP contribution is 2.31. The summed E-state index contributed by atoms with van der Waals surface area (Å²) in [4.78, 5) is 46.8. The molecule has 0 aliphatic carbocycles. The lowest BCUT2D eigenvalue weighted by atomic mass is 10.1. The van der Waals surface area contributed by atoms with Crippen LogP contribution in [0.25, 0.3) is 0 Å². The van der Waals surface area contributed by atoms with E-state index >= 15 is 0 Å². The second-order valence-corrected chi connectivity index (χ2v) is 7.60. The molecule has 0 aliphatic rings. The zero-order valence-corrected chi connectivity index (χ0v) is 19.1. The van der Waals surface area contributed by atoms with Gasteiger partial charge in [-0.25, -0.2) is 4.79 Å². The molecule has 34 heavy (non-hydrogen) atoms. The first-order chi connectivity index (χ1) is 16.2. The van der Waals surface area contributed by atoms with Gasteiger partial charge in [-0.2, -0.15) is 0 Å². The van der Waals surface area contributed by atoms with Crippen LogP contribution in [0.5, 0.6) is 5.75 Å². The van der Waals surface area contributed by atoms with E-state index in [1.54, 1.807) is 30.3 Å². The Morgan fingerprint density at radius 3 is 2.26 bits per heavy atom. The smallest absolute Gasteiger partial charge is 0.339 e. The van der Waals surface area contributed by atoms with Crippen molar-refractivity contribution in [1.82, 2.24) is 0 Å². The monoisotopic (exact) mass is 529 g/mol. The fourth-order valence-corrected chi connectivity index (χ4v) is 3.42. The van der Waals surface area contributed by atoms with E-state index in [0.29, 0.717) is 5.56 Å². The maximum atomic E-state index is 13.1. The second-order valence-electron chi connectivity index (χ2n) is 6.75. The fraction of sp³-hybridized carbons (Fsp3) is 0.0909. The number of esters is 1. The lowest BCUT2D eigenvalue weighted by Crippen LogP contribution is -2.26. The van der Waals surface area contributed by atoms with E-state index in [1.807, 2.05) is 0 Å². The minimum atomic E-state index is -1.42. The highest BCUT2D eigenvalue weighted by molar-refractivity contribution is 9.10. The van der Waals surface area contributed by atoms with Gasteiger partial charge in [0.05, 0.1) is 28.2 Å². The molecule has 0 saturated carbocycles. The van der Waals surface area contributed by atoms with Crippen LogP contribution in [-0.4, -0.2) is 28.8 Å². The number of rotatable bonds is 8. The van der Waals surface area contributed by atoms with Crippen molar-refractivity contribution < 1.29 is 28.9 Å². The number of halogens is 1. The van der Waals surface area contributed by atoms with Crippen molar-refractivity contribution in [2.45, 2.75) is 6.10 Å². The summed E-state index contributed by atoms with van der Waals surface area (Å²) in [6, 6.07) is 15.4. The van der Waals surface area contributed by atoms with E-state index in [2.05, 4.69) is 21.2 Å². The maximum absolute atomic E-state index is 13.1. The van der Waals surface area contributed by atoms with Crippen LogP contribution < -0.4 is 10.1 Å². The van der Waals surface area contributed by atoms with Gasteiger partial charge in [0, 0.05) is 28.2 Å². The van der Waals surface area contributed by atoms with Crippen LogP contribution in [0.1, 0.15) is 22.0 Å². The molecule has 0 saturated heterocycles. The third-order valence-corrected chi connectivity index (χ3v) is 5.25. The summed E-state index contributed by atoms with van der Waals surface area (Å²) in [7, 11) is 1.26. The summed E-state index contributed by atoms with van der Waals surface area (Å²) in [6.45, 7) is 0. The number of hydrogen-bond donors (Lipinski definition) is 1. The molecule has 0 spiro atoms. The normalized spacial score (nSPS) is 11.2. The zero-order valence-electron chi connectivity index (χ0n) is 17.5. The Labute approximate surface area is 200 Å². The van der Waals surface area contributed by atoms with Crippen molar-refractivity contribution in [3.8, 4) is 5.75 Å². The molecule has 1 atom stereocenters. The lowest BCUT2D eigenvalue weighted by molar-refractivity contribution is -0.385. The van der Waals surface area contributed by atoms with Gasteiger partial charge in [0.25, 0.3) is 11.6 Å². The average Bonchev–Trinajstić information content (AvgIpc) is 2.83. The zero-order chi connectivity index (χ0) is 24.8. The van der Waals surface area contributed by atoms with Crippen LogP contribution in [0.3, 0.4) is 0 Å². The van der Waals surface area contributed by atoms with Crippen molar-refractivity contribution >= 4 is 44.9 Å². The Bertz CT molecular complexity index is 1270. The number of ether oxygens (including phenoxy) is 2. The van der Waals surface area contributed by atoms with Crippen LogP contribution in [0.4, 0.5) is 17.1 Å². The number of anilines is 1. The molecule has 3 rings (SSSR count). The second kappa shape index (κ2) is 10.5. The summed E-state index contributed by atoms with van der Waals surface area (Å²) in [5, 5.41) is 24.8. The molecular weight excluding hydrogens is 514 g/mol. The highest BCUT2D eigenvalue weighted by atomic mass is 79.9. The molecule has 1 amide bonds. The first kappa shape index (κ1) is 24.3. The molecule has 0 fully saturated rings. The third kappa shape index (κ3) is 5.53. The summed E-state index contributed by atoms with van der Waals surface area (Å²) in [5.74, 6) is -1.75. The molecule has 0 aliphatic heterocycles. The Morgan fingerprint density at radius 1 is 0.971 bits per heavy atom. The average molecular weight is 530 g/mol. The van der Waals surface area contributed by atoms with E-state index in [-0.39, 0.29) is 27.2 Å². The van der Waals surface area contributed by atoms with Gasteiger partial charge < -0.3 is 14.8 Å². The number of nitrogens with one attached hydrogen (secondary N) is 1. The standard InChI is InChI=1S/C22H16BrN3O8/c1-33-19-10-7-14(11-18(19)26(31)32)22(28)34-20(13-5-3-2-4-6-13)21(27)24-17-9-8-15(25(29)30)12-16(17)23/h2-12,20H,1H3,(H,24,27)/t20-/m1/s1. The largest absolute Gasteiger partial charge is 0.490 e. The number of non-ortho nitro benzene ring substituents is 1. The molecule has 11 nitrogen and oxygen atoms in total. The van der Waals surface area contributed by atoms with E-state index in [0.717, 1.165) is 6.07 Å². The van der Waals surface area contributed by atoms with Crippen LogP contribution in [0.2, 0.25) is 0 Å². The van der Waals surface area contributed by atoms with Crippen molar-refractivity contribution in [2.24, 2.45) is 0 Å². The van der Waals surface area contributed by atoms with E-state index in [9.17, 15) is 29.8 Å². The summed E-state index contributed by atoms with van der Waals surface area (Å²) in [6.07, 6.45) is -1.42. The molecule has 1 N–H and O–H groups in total. The quantitative estimate of drug-likeness (QED) is 0.248. The molecule has 3 aromatic rings. The van der Waals surface area contributed by atoms with Gasteiger partial charge >= 0.3 is 11.7 Å². The van der Waals surface area contributed by atoms with Crippen LogP contribution in [-0.2, 0) is 9.53 Å². The third-order valence-electron chi connectivity index (χ3n) is 4.60. The van der Waals surface area contributed by atoms with E-state index in [1.165, 1.54) is 37.4 Å². The van der Waals surface area contributed by atoms with Crippen molar-refractivity contribution in [3.05, 3.63) is 103 Å². The SMILES string of the molecule is COc1ccc(C(=O)O[C@@H](C(=O)Nc2ccc([N+](=O)[O-])cc2Br)c2ccccc2)cc1[N+](=O)[O-]. The number of hydrogen-bond acceptors (Lipinski definition) is 8. The molecule has 0 radical (unpaired) electrons. The van der Waals surface area contributed by atoms with Crippen molar-refractivity contribution in [2.75, 3.05) is 12.4 Å². The molecular formula is C22H16BrN3O8. The topological polar surface area (TPSA) is 151 Å². The van der Waals surface area contributed by atoms with Gasteiger partial charge in [-0.1, -0.05) is 30.3 Å². The van der Waals surface area contributed by atoms with Gasteiger partial charge in [0.2, 0.25) is 6.10 Å². The molecule has 12 heteroatoms. The highest BCUT2D eigenvalue weighted by Gasteiger charge is 2.28. The molecule has 0 bridgehead atoms. The predicted molar refractivity (Wildman–Crippen MR) is 124 cm³/mol. The minimum absolute atomic E-state index is 0.0399. The molecule has 0 heterocycles. The first-order valence-electron chi connectivity index (χ1n) is 9.54. The van der Waals surface area contributed by atoms with Crippen LogP contribution in [0.15, 0.2) is 71.2 Å². The number of amides is 1. The Morgan fingerprint density at radius 2 is 1.68 bits per heavy atom. The van der Waals surface area contributed by atoms with Crippen LogP contribution >= 0.6 is 15.9 Å². The Balaban J connectivity index is 1.90. The Kier molecular flexibility index (Phi) is 7.53. The molecule has 174 valence electrons. The summed E-state index contributed by atoms with van der Waals surface area (Å²) in [5.41, 5.74) is -0.218. The number of nitro groups is 2. The minimum Gasteiger partial charge on any atom is -0.490 e. The summed E-state index contributed by atoms with van der Waals surface area (Å²) >= 11 is 3.17. The van der Waals surface area contributed by atoms with Gasteiger partial charge in [-0.05, 0) is 34.1 Å². The number of benzene rings is 3. The van der Waals surface area contributed by atoms with E-state index in [4.69, 9.17) is 9.47 Å². The number of nitro benzene ring substituents is 2.